The average Bonchev–Trinajstić information content (AvgIpc) is 2.63. The number of non-ortho nitro benzene ring substituents is 1. The summed E-state index contributed by atoms with van der Waals surface area (Å²) in [6, 6.07) is 5.54. The highest BCUT2D eigenvalue weighted by Gasteiger charge is 2.29. The molecule has 8 nitrogen and oxygen atoms in total. The van der Waals surface area contributed by atoms with E-state index < -0.39 is 10.9 Å². The van der Waals surface area contributed by atoms with Crippen molar-refractivity contribution in [2.75, 3.05) is 11.4 Å². The Labute approximate surface area is 158 Å². The molecule has 1 aliphatic heterocycles. The van der Waals surface area contributed by atoms with Gasteiger partial charge in [-0.05, 0) is 35.0 Å². The standard InChI is InChI=1S/C17H17BrN4O4/c1-11-8-15(6-7-21(11)17-19-9-13(18)10-20-17)26-16(23)12-2-4-14(5-3-12)22(24)25/h2-5,9-11,15H,6-8H2,1H3. The smallest absolute Gasteiger partial charge is 0.338 e. The van der Waals surface area contributed by atoms with Crippen LogP contribution >= 0.6 is 15.9 Å². The Morgan fingerprint density at radius 1 is 1.31 bits per heavy atom. The van der Waals surface area contributed by atoms with Crippen molar-refractivity contribution in [2.24, 2.45) is 0 Å². The second-order valence-electron chi connectivity index (χ2n) is 6.10. The molecule has 0 spiro atoms. The molecule has 2 unspecified atom stereocenters. The SMILES string of the molecule is CC1CC(OC(=O)c2ccc([N+](=O)[O-])cc2)CCN1c1ncc(Br)cn1. The predicted octanol–water partition coefficient (Wildman–Crippen LogP) is 3.36. The summed E-state index contributed by atoms with van der Waals surface area (Å²) >= 11 is 3.32. The average molecular weight is 421 g/mol. The number of carbonyl (C=O) groups excluding carboxylic acids is 1. The highest BCUT2D eigenvalue weighted by Crippen LogP contribution is 2.25. The van der Waals surface area contributed by atoms with Gasteiger partial charge in [-0.2, -0.15) is 0 Å². The zero-order valence-electron chi connectivity index (χ0n) is 14.0. The van der Waals surface area contributed by atoms with Gasteiger partial charge in [0, 0.05) is 50.0 Å². The number of piperidine rings is 1. The van der Waals surface area contributed by atoms with Crippen molar-refractivity contribution in [2.45, 2.75) is 31.9 Å². The number of hydrogen-bond donors (Lipinski definition) is 0. The van der Waals surface area contributed by atoms with E-state index in [0.29, 0.717) is 30.9 Å². The molecule has 2 heterocycles. The molecule has 0 radical (unpaired) electrons. The molecule has 9 heteroatoms. The fraction of sp³-hybridized carbons (Fsp3) is 0.353. The van der Waals surface area contributed by atoms with Crippen LogP contribution in [-0.2, 0) is 4.74 Å². The Morgan fingerprint density at radius 3 is 2.54 bits per heavy atom. The van der Waals surface area contributed by atoms with Crippen LogP contribution in [0.2, 0.25) is 0 Å². The van der Waals surface area contributed by atoms with Gasteiger partial charge in [0.05, 0.1) is 15.0 Å². The summed E-state index contributed by atoms with van der Waals surface area (Å²) in [6.45, 7) is 2.72. The van der Waals surface area contributed by atoms with Crippen molar-refractivity contribution >= 4 is 33.5 Å². The first kappa shape index (κ1) is 18.2. The lowest BCUT2D eigenvalue weighted by atomic mass is 10.0. The highest BCUT2D eigenvalue weighted by molar-refractivity contribution is 9.10. The molecule has 2 atom stereocenters. The number of benzene rings is 1. The van der Waals surface area contributed by atoms with Gasteiger partial charge in [0.2, 0.25) is 5.95 Å². The van der Waals surface area contributed by atoms with Crippen LogP contribution in [0, 0.1) is 10.1 Å². The van der Waals surface area contributed by atoms with E-state index in [9.17, 15) is 14.9 Å². The Morgan fingerprint density at radius 2 is 1.96 bits per heavy atom. The van der Waals surface area contributed by atoms with E-state index in [2.05, 4.69) is 30.8 Å². The topological polar surface area (TPSA) is 98.5 Å². The summed E-state index contributed by atoms with van der Waals surface area (Å²) in [5.74, 6) is 0.186. The summed E-state index contributed by atoms with van der Waals surface area (Å²) in [5, 5.41) is 10.7. The quantitative estimate of drug-likeness (QED) is 0.424. The van der Waals surface area contributed by atoms with Gasteiger partial charge in [0.25, 0.3) is 5.69 Å². The number of nitro groups is 1. The third-order valence-electron chi connectivity index (χ3n) is 4.28. The molecule has 1 aliphatic rings. The van der Waals surface area contributed by atoms with Crippen LogP contribution in [-0.4, -0.2) is 39.6 Å². The lowest BCUT2D eigenvalue weighted by Gasteiger charge is -2.37. The van der Waals surface area contributed by atoms with Crippen LogP contribution in [0.25, 0.3) is 0 Å². The summed E-state index contributed by atoms with van der Waals surface area (Å²) in [5.41, 5.74) is 0.250. The summed E-state index contributed by atoms with van der Waals surface area (Å²) in [6.07, 6.45) is 4.53. The number of carbonyl (C=O) groups is 1. The Bertz CT molecular complexity index is 797. The molecule has 26 heavy (non-hydrogen) atoms. The van der Waals surface area contributed by atoms with Crippen LogP contribution in [0.15, 0.2) is 41.1 Å². The van der Waals surface area contributed by atoms with Crippen LogP contribution in [0.5, 0.6) is 0 Å². The monoisotopic (exact) mass is 420 g/mol. The van der Waals surface area contributed by atoms with E-state index in [0.717, 1.165) is 4.47 Å². The van der Waals surface area contributed by atoms with Gasteiger partial charge in [-0.15, -0.1) is 0 Å². The third kappa shape index (κ3) is 4.16. The van der Waals surface area contributed by atoms with Gasteiger partial charge in [-0.25, -0.2) is 14.8 Å². The molecule has 2 aromatic rings. The largest absolute Gasteiger partial charge is 0.459 e. The molecule has 0 aliphatic carbocycles. The Balaban J connectivity index is 1.59. The van der Waals surface area contributed by atoms with Gasteiger partial charge < -0.3 is 9.64 Å². The van der Waals surface area contributed by atoms with Crippen LogP contribution in [0.1, 0.15) is 30.1 Å². The lowest BCUT2D eigenvalue weighted by Crippen LogP contribution is -2.44. The van der Waals surface area contributed by atoms with E-state index in [1.165, 1.54) is 24.3 Å². The first-order valence-corrected chi connectivity index (χ1v) is 8.93. The second-order valence-corrected chi connectivity index (χ2v) is 7.02. The van der Waals surface area contributed by atoms with Crippen molar-refractivity contribution in [3.8, 4) is 0 Å². The third-order valence-corrected chi connectivity index (χ3v) is 4.69. The molecule has 0 bridgehead atoms. The molecular weight excluding hydrogens is 404 g/mol. The first-order valence-electron chi connectivity index (χ1n) is 8.13. The number of halogens is 1. The van der Waals surface area contributed by atoms with Crippen LogP contribution < -0.4 is 4.90 Å². The first-order chi connectivity index (χ1) is 12.4. The minimum absolute atomic E-state index is 0.0574. The molecule has 0 amide bonds. The van der Waals surface area contributed by atoms with Crippen molar-refractivity contribution in [1.82, 2.24) is 9.97 Å². The number of ether oxygens (including phenoxy) is 1. The van der Waals surface area contributed by atoms with E-state index in [-0.39, 0.29) is 17.8 Å². The number of nitro benzene ring substituents is 1. The zero-order chi connectivity index (χ0) is 18.7. The molecule has 0 N–H and O–H groups in total. The fourth-order valence-corrected chi connectivity index (χ4v) is 3.13. The molecule has 136 valence electrons. The molecule has 1 fully saturated rings. The maximum Gasteiger partial charge on any atom is 0.338 e. The number of hydrogen-bond acceptors (Lipinski definition) is 7. The molecular formula is C17H17BrN4O4. The van der Waals surface area contributed by atoms with Gasteiger partial charge in [0.15, 0.2) is 0 Å². The zero-order valence-corrected chi connectivity index (χ0v) is 15.6. The maximum absolute atomic E-state index is 12.3. The summed E-state index contributed by atoms with van der Waals surface area (Å²) in [7, 11) is 0. The number of rotatable bonds is 4. The number of esters is 1. The van der Waals surface area contributed by atoms with Crippen LogP contribution in [0.3, 0.4) is 0 Å². The van der Waals surface area contributed by atoms with E-state index in [1.54, 1.807) is 12.4 Å². The van der Waals surface area contributed by atoms with E-state index in [1.807, 2.05) is 6.92 Å². The van der Waals surface area contributed by atoms with Crippen molar-refractivity contribution in [3.63, 3.8) is 0 Å². The fourth-order valence-electron chi connectivity index (χ4n) is 2.93. The molecule has 3 rings (SSSR count). The summed E-state index contributed by atoms with van der Waals surface area (Å²) < 4.78 is 6.39. The molecule has 0 saturated carbocycles. The lowest BCUT2D eigenvalue weighted by molar-refractivity contribution is -0.384. The van der Waals surface area contributed by atoms with E-state index in [4.69, 9.17) is 4.74 Å². The number of aromatic nitrogens is 2. The molecule has 1 aromatic heterocycles. The summed E-state index contributed by atoms with van der Waals surface area (Å²) in [4.78, 5) is 33.1. The van der Waals surface area contributed by atoms with Gasteiger partial charge in [0.1, 0.15) is 6.10 Å². The molecule has 1 saturated heterocycles. The van der Waals surface area contributed by atoms with Crippen molar-refractivity contribution < 1.29 is 14.5 Å². The Kier molecular flexibility index (Phi) is 5.46. The van der Waals surface area contributed by atoms with Crippen LogP contribution in [0.4, 0.5) is 11.6 Å². The van der Waals surface area contributed by atoms with Gasteiger partial charge in [-0.3, -0.25) is 10.1 Å². The normalized spacial score (nSPS) is 19.8. The van der Waals surface area contributed by atoms with Crippen molar-refractivity contribution in [1.29, 1.82) is 0 Å². The van der Waals surface area contributed by atoms with Crippen molar-refractivity contribution in [3.05, 3.63) is 56.8 Å². The Hall–Kier alpha value is -2.55. The van der Waals surface area contributed by atoms with Gasteiger partial charge in [-0.1, -0.05) is 0 Å². The minimum Gasteiger partial charge on any atom is -0.459 e. The number of nitrogens with zero attached hydrogens (tertiary/aromatic N) is 4. The molecule has 1 aromatic carbocycles. The second kappa shape index (κ2) is 7.77. The predicted molar refractivity (Wildman–Crippen MR) is 98.1 cm³/mol. The number of anilines is 1. The highest BCUT2D eigenvalue weighted by atomic mass is 79.9. The van der Waals surface area contributed by atoms with E-state index >= 15 is 0 Å². The maximum atomic E-state index is 12.3. The minimum atomic E-state index is -0.503. The van der Waals surface area contributed by atoms with Gasteiger partial charge >= 0.3 is 5.97 Å².